The van der Waals surface area contributed by atoms with Crippen LogP contribution in [-0.2, 0) is 15.8 Å². The van der Waals surface area contributed by atoms with Crippen molar-refractivity contribution in [3.8, 4) is 11.4 Å². The van der Waals surface area contributed by atoms with E-state index in [0.29, 0.717) is 30.8 Å². The number of carbonyl (C=O) groups is 2. The number of rotatable bonds is 6. The molecule has 1 saturated heterocycles. The van der Waals surface area contributed by atoms with Gasteiger partial charge >= 0.3 is 6.18 Å². The molecule has 35 heavy (non-hydrogen) atoms. The molecular formula is C22H23F3N8O2. The van der Waals surface area contributed by atoms with Crippen LogP contribution < -0.4 is 11.1 Å². The van der Waals surface area contributed by atoms with Gasteiger partial charge in [-0.05, 0) is 56.5 Å². The number of aromatic nitrogens is 5. The second kappa shape index (κ2) is 9.31. The molecule has 1 aliphatic rings. The first-order chi connectivity index (χ1) is 16.5. The first kappa shape index (κ1) is 24.1. The van der Waals surface area contributed by atoms with E-state index in [-0.39, 0.29) is 17.5 Å². The number of hydrogen-bond donors (Lipinski definition) is 2. The number of hydrogen-bond acceptors (Lipinski definition) is 7. The summed E-state index contributed by atoms with van der Waals surface area (Å²) in [7, 11) is 0. The summed E-state index contributed by atoms with van der Waals surface area (Å²) in [5.74, 6) is -0.576. The van der Waals surface area contributed by atoms with Crippen LogP contribution in [-0.4, -0.2) is 54.3 Å². The molecule has 0 unspecified atom stereocenters. The summed E-state index contributed by atoms with van der Waals surface area (Å²) in [4.78, 5) is 34.4. The maximum atomic E-state index is 13.0. The number of anilines is 2. The average molecular weight is 488 g/mol. The Morgan fingerprint density at radius 2 is 1.97 bits per heavy atom. The third-order valence-corrected chi connectivity index (χ3v) is 5.70. The van der Waals surface area contributed by atoms with Crippen molar-refractivity contribution in [1.29, 1.82) is 0 Å². The lowest BCUT2D eigenvalue weighted by Crippen LogP contribution is -2.46. The number of amides is 2. The third kappa shape index (κ3) is 5.23. The van der Waals surface area contributed by atoms with Gasteiger partial charge in [0, 0.05) is 12.7 Å². The summed E-state index contributed by atoms with van der Waals surface area (Å²) in [6.07, 6.45) is -0.663. The maximum Gasteiger partial charge on any atom is 0.416 e. The highest BCUT2D eigenvalue weighted by Gasteiger charge is 2.35. The number of likely N-dealkylation sites (tertiary alicyclic amines) is 1. The van der Waals surface area contributed by atoms with Crippen molar-refractivity contribution in [2.24, 2.45) is 5.73 Å². The van der Waals surface area contributed by atoms with Crippen LogP contribution in [0.3, 0.4) is 0 Å². The van der Waals surface area contributed by atoms with E-state index in [0.717, 1.165) is 23.9 Å². The molecule has 0 aromatic carbocycles. The number of pyridine rings is 2. The van der Waals surface area contributed by atoms with Crippen molar-refractivity contribution >= 4 is 23.5 Å². The second-order valence-electron chi connectivity index (χ2n) is 8.32. The van der Waals surface area contributed by atoms with Gasteiger partial charge in [0.25, 0.3) is 0 Å². The molecule has 13 heteroatoms. The monoisotopic (exact) mass is 488 g/mol. The van der Waals surface area contributed by atoms with Crippen molar-refractivity contribution < 1.29 is 22.8 Å². The summed E-state index contributed by atoms with van der Waals surface area (Å²) < 4.78 is 40.4. The second-order valence-corrected chi connectivity index (χ2v) is 8.32. The number of alkyl halides is 3. The quantitative estimate of drug-likeness (QED) is 0.545. The van der Waals surface area contributed by atoms with E-state index in [2.05, 4.69) is 25.6 Å². The molecule has 3 aromatic heterocycles. The summed E-state index contributed by atoms with van der Waals surface area (Å²) in [5, 5.41) is 10.9. The van der Waals surface area contributed by atoms with Crippen molar-refractivity contribution in [2.45, 2.75) is 44.9 Å². The van der Waals surface area contributed by atoms with Crippen LogP contribution in [0.15, 0.2) is 36.7 Å². The molecule has 10 nitrogen and oxygen atoms in total. The van der Waals surface area contributed by atoms with Gasteiger partial charge in [-0.25, -0.2) is 14.6 Å². The van der Waals surface area contributed by atoms with E-state index in [1.807, 2.05) is 0 Å². The third-order valence-electron chi connectivity index (χ3n) is 5.70. The van der Waals surface area contributed by atoms with Gasteiger partial charge in [-0.15, -0.1) is 5.10 Å². The minimum absolute atomic E-state index is 0.0126. The van der Waals surface area contributed by atoms with E-state index in [4.69, 9.17) is 5.73 Å². The van der Waals surface area contributed by atoms with Crippen molar-refractivity contribution in [1.82, 2.24) is 29.9 Å². The van der Waals surface area contributed by atoms with Crippen LogP contribution in [0, 0.1) is 6.92 Å². The molecule has 1 fully saturated rings. The Morgan fingerprint density at radius 3 is 2.69 bits per heavy atom. The van der Waals surface area contributed by atoms with Gasteiger partial charge in [0.1, 0.15) is 29.4 Å². The lowest BCUT2D eigenvalue weighted by Gasteiger charge is -2.25. The van der Waals surface area contributed by atoms with Crippen molar-refractivity contribution in [2.75, 3.05) is 11.9 Å². The molecule has 2 amide bonds. The lowest BCUT2D eigenvalue weighted by molar-refractivity contribution is -0.140. The van der Waals surface area contributed by atoms with E-state index in [1.165, 1.54) is 9.58 Å². The Hall–Kier alpha value is -4.03. The number of primary amides is 1. The highest BCUT2D eigenvalue weighted by atomic mass is 19.4. The van der Waals surface area contributed by atoms with Gasteiger partial charge in [0.15, 0.2) is 0 Å². The Bertz CT molecular complexity index is 1260. The first-order valence-electron chi connectivity index (χ1n) is 10.8. The van der Waals surface area contributed by atoms with Gasteiger partial charge in [-0.3, -0.25) is 9.59 Å². The number of carbonyl (C=O) groups excluding carboxylic acids is 2. The number of nitrogens with two attached hydrogens (primary N) is 1. The summed E-state index contributed by atoms with van der Waals surface area (Å²) >= 11 is 0. The minimum Gasteiger partial charge on any atom is -0.368 e. The molecule has 0 saturated carbocycles. The van der Waals surface area contributed by atoms with Gasteiger partial charge in [-0.2, -0.15) is 13.2 Å². The zero-order chi connectivity index (χ0) is 25.3. The van der Waals surface area contributed by atoms with Crippen LogP contribution in [0.1, 0.15) is 36.9 Å². The predicted octanol–water partition coefficient (Wildman–Crippen LogP) is 2.84. The van der Waals surface area contributed by atoms with Gasteiger partial charge in [0.05, 0.1) is 17.5 Å². The van der Waals surface area contributed by atoms with E-state index >= 15 is 0 Å². The zero-order valence-corrected chi connectivity index (χ0v) is 19.0. The molecule has 3 N–H and O–H groups in total. The fraction of sp³-hybridized carbons (Fsp3) is 0.364. The Kier molecular flexibility index (Phi) is 6.41. The van der Waals surface area contributed by atoms with Crippen LogP contribution >= 0.6 is 0 Å². The van der Waals surface area contributed by atoms with Gasteiger partial charge < -0.3 is 16.0 Å². The maximum absolute atomic E-state index is 13.0. The number of aryl methyl sites for hydroxylation is 1. The lowest BCUT2D eigenvalue weighted by atomic mass is 10.2. The summed E-state index contributed by atoms with van der Waals surface area (Å²) in [6.45, 7) is 3.88. The number of nitrogens with zero attached hydrogens (tertiary/aromatic N) is 6. The Morgan fingerprint density at radius 1 is 1.20 bits per heavy atom. The Labute approximate surface area is 198 Å². The van der Waals surface area contributed by atoms with Crippen molar-refractivity contribution in [3.05, 3.63) is 47.8 Å². The summed E-state index contributed by atoms with van der Waals surface area (Å²) in [6, 6.07) is 3.80. The van der Waals surface area contributed by atoms with Crippen LogP contribution in [0.25, 0.3) is 11.4 Å². The van der Waals surface area contributed by atoms with E-state index in [1.54, 1.807) is 32.2 Å². The fourth-order valence-corrected chi connectivity index (χ4v) is 3.93. The van der Waals surface area contributed by atoms with Crippen molar-refractivity contribution in [3.63, 3.8) is 0 Å². The van der Waals surface area contributed by atoms with Crippen LogP contribution in [0.5, 0.6) is 0 Å². The zero-order valence-electron chi connectivity index (χ0n) is 19.0. The van der Waals surface area contributed by atoms with Crippen LogP contribution in [0.2, 0.25) is 0 Å². The normalized spacial score (nSPS) is 16.8. The highest BCUT2D eigenvalue weighted by Crippen LogP contribution is 2.31. The smallest absolute Gasteiger partial charge is 0.368 e. The standard InChI is InChI=1S/C22H23F3N8O2/c1-12-8-15(28-19(9-12)29-18-10-14(5-6-27-18)22(23,24)25)16-11-33(31-30-16)13(2)21(35)32-7-3-4-17(32)20(26)34/h5-6,8-11,13,17H,3-4,7H2,1-2H3,(H2,26,34)(H,27,28,29)/t13-,17-/m0/s1. The molecule has 4 heterocycles. The molecule has 0 aliphatic carbocycles. The topological polar surface area (TPSA) is 132 Å². The average Bonchev–Trinajstić information content (AvgIpc) is 3.47. The molecule has 0 bridgehead atoms. The molecular weight excluding hydrogens is 465 g/mol. The Balaban J connectivity index is 1.55. The largest absolute Gasteiger partial charge is 0.416 e. The number of nitrogens with one attached hydrogen (secondary N) is 1. The molecule has 0 radical (unpaired) electrons. The number of halogens is 3. The van der Waals surface area contributed by atoms with Crippen LogP contribution in [0.4, 0.5) is 24.8 Å². The highest BCUT2D eigenvalue weighted by molar-refractivity contribution is 5.88. The van der Waals surface area contributed by atoms with E-state index < -0.39 is 29.7 Å². The molecule has 1 aliphatic heterocycles. The first-order valence-corrected chi connectivity index (χ1v) is 10.8. The molecule has 184 valence electrons. The van der Waals surface area contributed by atoms with Gasteiger partial charge in [-0.1, -0.05) is 5.21 Å². The SMILES string of the molecule is Cc1cc(Nc2cc(C(F)(F)F)ccn2)nc(-c2cn([C@@H](C)C(=O)N3CCC[C@H]3C(N)=O)nn2)c1. The molecule has 0 spiro atoms. The predicted molar refractivity (Wildman–Crippen MR) is 119 cm³/mol. The fourth-order valence-electron chi connectivity index (χ4n) is 3.93. The molecule has 4 rings (SSSR count). The molecule has 2 atom stereocenters. The minimum atomic E-state index is -4.50. The summed E-state index contributed by atoms with van der Waals surface area (Å²) in [5.41, 5.74) is 6.12. The van der Waals surface area contributed by atoms with Gasteiger partial charge in [0.2, 0.25) is 11.8 Å². The molecule has 3 aromatic rings. The van der Waals surface area contributed by atoms with E-state index in [9.17, 15) is 22.8 Å².